The zero-order chi connectivity index (χ0) is 18.5. The summed E-state index contributed by atoms with van der Waals surface area (Å²) in [5.41, 5.74) is 0.239. The average Bonchev–Trinajstić information content (AvgIpc) is 3.18. The third-order valence-corrected chi connectivity index (χ3v) is 6.69. The number of carbonyl (C=O) groups is 1. The number of hydrogen-bond acceptors (Lipinski definition) is 6. The Morgan fingerprint density at radius 2 is 1.84 bits per heavy atom. The monoisotopic (exact) mass is 419 g/mol. The van der Waals surface area contributed by atoms with Crippen LogP contribution in [0.1, 0.15) is 5.69 Å². The molecule has 1 saturated heterocycles. The lowest BCUT2D eigenvalue weighted by Gasteiger charge is -2.30. The number of cyclic esters (lactones) is 1. The van der Waals surface area contributed by atoms with Gasteiger partial charge >= 0.3 is 23.3 Å². The third kappa shape index (κ3) is 3.26. The molecule has 0 bridgehead atoms. The van der Waals surface area contributed by atoms with Crippen molar-refractivity contribution in [1.82, 2.24) is 4.98 Å². The van der Waals surface area contributed by atoms with E-state index in [0.29, 0.717) is 5.01 Å². The molecule has 3 rings (SSSR count). The van der Waals surface area contributed by atoms with Crippen molar-refractivity contribution in [3.63, 3.8) is 0 Å². The van der Waals surface area contributed by atoms with E-state index in [0.717, 1.165) is 4.88 Å². The van der Waals surface area contributed by atoms with Crippen LogP contribution in [-0.2, 0) is 16.0 Å². The number of carbonyl (C=O) groups excluding carboxylic acids is 1. The number of halogens is 6. The van der Waals surface area contributed by atoms with Gasteiger partial charge in [0, 0.05) is 11.8 Å². The molecule has 0 spiro atoms. The van der Waals surface area contributed by atoms with E-state index in [4.69, 9.17) is 0 Å². The molecule has 2 aromatic heterocycles. The highest BCUT2D eigenvalue weighted by atomic mass is 32.2. The first kappa shape index (κ1) is 18.5. The quantitative estimate of drug-likeness (QED) is 0.525. The number of thioether (sulfide) groups is 1. The van der Waals surface area contributed by atoms with Crippen molar-refractivity contribution in [3.8, 4) is 9.88 Å². The first-order valence-corrected chi connectivity index (χ1v) is 9.20. The number of thiazole rings is 1. The average molecular weight is 419 g/mol. The van der Waals surface area contributed by atoms with Gasteiger partial charge in [-0.15, -0.1) is 22.7 Å². The summed E-state index contributed by atoms with van der Waals surface area (Å²) in [5.74, 6) is -1.55. The molecule has 136 valence electrons. The number of nitrogens with zero attached hydrogens (tertiary/aromatic N) is 1. The van der Waals surface area contributed by atoms with Crippen molar-refractivity contribution in [2.45, 2.75) is 29.0 Å². The van der Waals surface area contributed by atoms with Gasteiger partial charge < -0.3 is 4.74 Å². The van der Waals surface area contributed by atoms with Gasteiger partial charge in [0.25, 0.3) is 0 Å². The summed E-state index contributed by atoms with van der Waals surface area (Å²) in [7, 11) is 0. The zero-order valence-electron chi connectivity index (χ0n) is 11.9. The van der Waals surface area contributed by atoms with Crippen molar-refractivity contribution >= 4 is 40.4 Å². The fourth-order valence-corrected chi connectivity index (χ4v) is 4.96. The number of hydrogen-bond donors (Lipinski definition) is 0. The van der Waals surface area contributed by atoms with Crippen molar-refractivity contribution in [2.24, 2.45) is 0 Å². The Bertz CT molecular complexity index is 754. The standard InChI is InChI=1S/C13H7F6NO2S3/c14-12(15,16)11(13(17,18)19)22-10(21)8(25-11)4-6-5-24-9(20-6)7-2-1-3-23-7/h1-3,5,8H,4H2. The molecule has 3 nitrogen and oxygen atoms in total. The van der Waals surface area contributed by atoms with Gasteiger partial charge in [-0.05, 0) is 11.4 Å². The van der Waals surface area contributed by atoms with E-state index in [1.54, 1.807) is 12.1 Å². The Morgan fingerprint density at radius 1 is 1.16 bits per heavy atom. The summed E-state index contributed by atoms with van der Waals surface area (Å²) >= 11 is 2.02. The van der Waals surface area contributed by atoms with Gasteiger partial charge in [-0.2, -0.15) is 26.3 Å². The molecule has 1 aliphatic rings. The molecular weight excluding hydrogens is 412 g/mol. The summed E-state index contributed by atoms with van der Waals surface area (Å²) in [4.78, 5) is 12.1. The molecule has 0 saturated carbocycles. The van der Waals surface area contributed by atoms with E-state index in [-0.39, 0.29) is 12.1 Å². The summed E-state index contributed by atoms with van der Waals surface area (Å²) in [6.45, 7) is 0. The van der Waals surface area contributed by atoms with Gasteiger partial charge in [-0.25, -0.2) is 4.98 Å². The van der Waals surface area contributed by atoms with E-state index >= 15 is 0 Å². The van der Waals surface area contributed by atoms with Crippen molar-refractivity contribution in [2.75, 3.05) is 0 Å². The number of ether oxygens (including phenoxy) is 1. The van der Waals surface area contributed by atoms with Crippen molar-refractivity contribution in [3.05, 3.63) is 28.6 Å². The van der Waals surface area contributed by atoms with Crippen molar-refractivity contribution < 1.29 is 35.9 Å². The van der Waals surface area contributed by atoms with Gasteiger partial charge in [0.15, 0.2) is 0 Å². The van der Waals surface area contributed by atoms with E-state index < -0.39 is 40.3 Å². The van der Waals surface area contributed by atoms with Crippen LogP contribution >= 0.6 is 34.4 Å². The topological polar surface area (TPSA) is 39.2 Å². The van der Waals surface area contributed by atoms with Crippen LogP contribution in [0.4, 0.5) is 26.3 Å². The number of aromatic nitrogens is 1. The minimum Gasteiger partial charge on any atom is -0.428 e. The third-order valence-electron chi connectivity index (χ3n) is 3.24. The summed E-state index contributed by atoms with van der Waals surface area (Å²) in [5, 5.41) is 2.26. The van der Waals surface area contributed by atoms with Gasteiger partial charge in [-0.3, -0.25) is 4.79 Å². The van der Waals surface area contributed by atoms with E-state index in [2.05, 4.69) is 9.72 Å². The maximum atomic E-state index is 13.0. The molecule has 1 atom stereocenters. The van der Waals surface area contributed by atoms with Gasteiger partial charge in [-0.1, -0.05) is 17.8 Å². The predicted molar refractivity (Wildman–Crippen MR) is 81.4 cm³/mol. The number of esters is 1. The first-order valence-electron chi connectivity index (χ1n) is 6.56. The Morgan fingerprint density at radius 3 is 2.36 bits per heavy atom. The molecule has 12 heteroatoms. The second kappa shape index (κ2) is 6.16. The lowest BCUT2D eigenvalue weighted by Crippen LogP contribution is -2.54. The zero-order valence-corrected chi connectivity index (χ0v) is 14.3. The van der Waals surface area contributed by atoms with E-state index in [9.17, 15) is 31.1 Å². The Labute approximate surface area is 149 Å². The highest BCUT2D eigenvalue weighted by molar-refractivity contribution is 8.02. The SMILES string of the molecule is O=C1OC(C(F)(F)F)(C(F)(F)F)SC1Cc1csc(-c2cccs2)n1. The molecule has 2 aromatic rings. The molecule has 0 amide bonds. The molecule has 25 heavy (non-hydrogen) atoms. The van der Waals surface area contributed by atoms with Gasteiger partial charge in [0.05, 0.1) is 10.6 Å². The van der Waals surface area contributed by atoms with Crippen LogP contribution in [0, 0.1) is 0 Å². The molecular formula is C13H7F6NO2S3. The Kier molecular flexibility index (Phi) is 4.57. The van der Waals surface area contributed by atoms with E-state index in [1.807, 2.05) is 5.38 Å². The van der Waals surface area contributed by atoms with E-state index in [1.165, 1.54) is 28.1 Å². The van der Waals surface area contributed by atoms with Crippen LogP contribution in [0.5, 0.6) is 0 Å². The van der Waals surface area contributed by atoms with Crippen LogP contribution < -0.4 is 0 Å². The summed E-state index contributed by atoms with van der Waals surface area (Å²) in [6, 6.07) is 3.57. The molecule has 1 unspecified atom stereocenters. The van der Waals surface area contributed by atoms with Gasteiger partial charge in [0.2, 0.25) is 0 Å². The largest absolute Gasteiger partial charge is 0.448 e. The lowest BCUT2D eigenvalue weighted by atomic mass is 10.2. The second-order valence-corrected chi connectivity index (χ2v) is 8.15. The fourth-order valence-electron chi connectivity index (χ4n) is 2.12. The molecule has 3 heterocycles. The molecule has 1 fully saturated rings. The van der Waals surface area contributed by atoms with Gasteiger partial charge in [0.1, 0.15) is 10.3 Å². The number of alkyl halides is 6. The molecule has 0 aliphatic carbocycles. The fraction of sp³-hybridized carbons (Fsp3) is 0.385. The number of thiophene rings is 1. The van der Waals surface area contributed by atoms with Crippen LogP contribution in [0.3, 0.4) is 0 Å². The Hall–Kier alpha value is -1.27. The summed E-state index contributed by atoms with van der Waals surface area (Å²) in [6.07, 6.45) is -11.9. The summed E-state index contributed by atoms with van der Waals surface area (Å²) < 4.78 is 81.5. The van der Waals surface area contributed by atoms with Crippen LogP contribution in [0.15, 0.2) is 22.9 Å². The highest BCUT2D eigenvalue weighted by Gasteiger charge is 2.78. The lowest BCUT2D eigenvalue weighted by molar-refractivity contribution is -0.327. The van der Waals surface area contributed by atoms with Crippen LogP contribution in [-0.4, -0.2) is 33.5 Å². The molecule has 0 N–H and O–H groups in total. The maximum absolute atomic E-state index is 13.0. The number of rotatable bonds is 3. The van der Waals surface area contributed by atoms with Crippen molar-refractivity contribution in [1.29, 1.82) is 0 Å². The van der Waals surface area contributed by atoms with Crippen LogP contribution in [0.25, 0.3) is 9.88 Å². The highest BCUT2D eigenvalue weighted by Crippen LogP contribution is 2.58. The van der Waals surface area contributed by atoms with Crippen LogP contribution in [0.2, 0.25) is 0 Å². The predicted octanol–water partition coefficient (Wildman–Crippen LogP) is 4.89. The minimum atomic E-state index is -5.77. The molecule has 1 aliphatic heterocycles. The second-order valence-electron chi connectivity index (χ2n) is 4.97. The Balaban J connectivity index is 1.82. The molecule has 0 radical (unpaired) electrons. The maximum Gasteiger partial charge on any atom is 0.448 e. The smallest absolute Gasteiger partial charge is 0.428 e. The first-order chi connectivity index (χ1) is 11.5. The minimum absolute atomic E-state index is 0.239. The normalized spacial score (nSPS) is 20.7. The molecule has 0 aromatic carbocycles.